The molecule has 1 saturated heterocycles. The topological polar surface area (TPSA) is 36.3 Å². The van der Waals surface area contributed by atoms with E-state index in [1.165, 1.54) is 12.8 Å². The number of epoxide rings is 1. The Morgan fingerprint density at radius 2 is 2.15 bits per heavy atom. The molecule has 0 bridgehead atoms. The molecule has 0 N–H and O–H groups in total. The van der Waals surface area contributed by atoms with E-state index in [-0.39, 0.29) is 11.7 Å². The van der Waals surface area contributed by atoms with Crippen LogP contribution in [0.5, 0.6) is 0 Å². The van der Waals surface area contributed by atoms with Gasteiger partial charge in [0.05, 0.1) is 6.07 Å². The molecule has 0 aromatic heterocycles. The lowest BCUT2D eigenvalue weighted by molar-refractivity contribution is 0.0863. The molecule has 1 aliphatic carbocycles. The van der Waals surface area contributed by atoms with Crippen LogP contribution in [0, 0.1) is 22.7 Å². The van der Waals surface area contributed by atoms with Crippen LogP contribution in [0.1, 0.15) is 40.0 Å². The fourth-order valence-electron chi connectivity index (χ4n) is 2.69. The molecule has 2 heteroatoms. The molecule has 0 aromatic rings. The Hall–Kier alpha value is -0.550. The molecule has 0 aromatic carbocycles. The lowest BCUT2D eigenvalue weighted by Crippen LogP contribution is -2.36. The Morgan fingerprint density at radius 1 is 1.46 bits per heavy atom. The summed E-state index contributed by atoms with van der Waals surface area (Å²) in [6.07, 6.45) is 3.39. The largest absolute Gasteiger partial charge is 0.350 e. The van der Waals surface area contributed by atoms with Gasteiger partial charge in [-0.25, -0.2) is 0 Å². The average molecular weight is 179 g/mol. The Labute approximate surface area is 79.9 Å². The predicted octanol–water partition coefficient (Wildman–Crippen LogP) is 2.49. The number of hydrogen-bond acceptors (Lipinski definition) is 2. The van der Waals surface area contributed by atoms with Gasteiger partial charge in [0.15, 0.2) is 6.10 Å². The molecule has 1 spiro atoms. The summed E-state index contributed by atoms with van der Waals surface area (Å²) in [5.41, 5.74) is 0.286. The first-order valence-corrected chi connectivity index (χ1v) is 5.08. The Kier molecular flexibility index (Phi) is 1.72. The minimum Gasteiger partial charge on any atom is -0.350 e. The standard InChI is InChI=1S/C11H17NO/c1-8-4-5-10(2,3)7-11(8)9(6-12)13-11/h8-9H,4-5,7H2,1-3H3. The third-order valence-electron chi connectivity index (χ3n) is 3.68. The molecular formula is C11H17NO. The first kappa shape index (κ1) is 9.02. The second kappa shape index (κ2) is 2.48. The van der Waals surface area contributed by atoms with Crippen molar-refractivity contribution in [1.82, 2.24) is 0 Å². The molecule has 1 aliphatic heterocycles. The molecule has 2 aliphatic rings. The minimum absolute atomic E-state index is 0.0729. The molecule has 0 amide bonds. The zero-order valence-electron chi connectivity index (χ0n) is 8.63. The van der Waals surface area contributed by atoms with Crippen LogP contribution in [-0.2, 0) is 4.74 Å². The van der Waals surface area contributed by atoms with Gasteiger partial charge in [-0.3, -0.25) is 0 Å². The fraction of sp³-hybridized carbons (Fsp3) is 0.909. The maximum atomic E-state index is 8.84. The van der Waals surface area contributed by atoms with E-state index in [0.717, 1.165) is 6.42 Å². The average Bonchev–Trinajstić information content (AvgIpc) is 2.73. The summed E-state index contributed by atoms with van der Waals surface area (Å²) < 4.78 is 5.58. The summed E-state index contributed by atoms with van der Waals surface area (Å²) >= 11 is 0. The Bertz CT molecular complexity index is 266. The highest BCUT2D eigenvalue weighted by molar-refractivity contribution is 5.18. The first-order chi connectivity index (χ1) is 6.00. The summed E-state index contributed by atoms with van der Waals surface area (Å²) in [7, 11) is 0. The molecule has 2 nitrogen and oxygen atoms in total. The quantitative estimate of drug-likeness (QED) is 0.536. The second-order valence-electron chi connectivity index (χ2n) is 5.36. The molecule has 2 rings (SSSR count). The molecule has 0 radical (unpaired) electrons. The Morgan fingerprint density at radius 3 is 2.69 bits per heavy atom. The van der Waals surface area contributed by atoms with Crippen molar-refractivity contribution in [3.8, 4) is 6.07 Å². The van der Waals surface area contributed by atoms with Crippen LogP contribution in [0.15, 0.2) is 0 Å². The van der Waals surface area contributed by atoms with Gasteiger partial charge >= 0.3 is 0 Å². The van der Waals surface area contributed by atoms with Crippen molar-refractivity contribution >= 4 is 0 Å². The number of ether oxygens (including phenoxy) is 1. The molecule has 72 valence electrons. The van der Waals surface area contributed by atoms with Crippen LogP contribution < -0.4 is 0 Å². The molecular weight excluding hydrogens is 162 g/mol. The fourth-order valence-corrected chi connectivity index (χ4v) is 2.69. The van der Waals surface area contributed by atoms with Gasteiger partial charge in [-0.1, -0.05) is 20.8 Å². The van der Waals surface area contributed by atoms with Crippen molar-refractivity contribution in [3.63, 3.8) is 0 Å². The van der Waals surface area contributed by atoms with Gasteiger partial charge in [-0.2, -0.15) is 5.26 Å². The van der Waals surface area contributed by atoms with Gasteiger partial charge in [0.25, 0.3) is 0 Å². The summed E-state index contributed by atoms with van der Waals surface area (Å²) in [4.78, 5) is 0. The van der Waals surface area contributed by atoms with Crippen molar-refractivity contribution in [2.45, 2.75) is 51.7 Å². The molecule has 1 saturated carbocycles. The van der Waals surface area contributed by atoms with E-state index in [0.29, 0.717) is 11.3 Å². The van der Waals surface area contributed by atoms with Crippen LogP contribution in [0.25, 0.3) is 0 Å². The van der Waals surface area contributed by atoms with Crippen LogP contribution in [0.4, 0.5) is 0 Å². The summed E-state index contributed by atoms with van der Waals surface area (Å²) in [5, 5.41) is 8.84. The number of nitrogens with zero attached hydrogens (tertiary/aromatic N) is 1. The van der Waals surface area contributed by atoms with Crippen LogP contribution in [0.3, 0.4) is 0 Å². The Balaban J connectivity index is 2.16. The van der Waals surface area contributed by atoms with E-state index < -0.39 is 0 Å². The second-order valence-corrected chi connectivity index (χ2v) is 5.36. The van der Waals surface area contributed by atoms with E-state index >= 15 is 0 Å². The third kappa shape index (κ3) is 1.26. The van der Waals surface area contributed by atoms with E-state index in [2.05, 4.69) is 26.8 Å². The summed E-state index contributed by atoms with van der Waals surface area (Å²) in [6, 6.07) is 2.25. The number of rotatable bonds is 0. The minimum atomic E-state index is -0.123. The zero-order chi connectivity index (χ0) is 9.69. The predicted molar refractivity (Wildman–Crippen MR) is 50.0 cm³/mol. The lowest BCUT2D eigenvalue weighted by atomic mass is 9.66. The molecule has 13 heavy (non-hydrogen) atoms. The van der Waals surface area contributed by atoms with Crippen molar-refractivity contribution in [1.29, 1.82) is 5.26 Å². The molecule has 1 heterocycles. The van der Waals surface area contributed by atoms with E-state index in [1.54, 1.807) is 0 Å². The maximum Gasteiger partial charge on any atom is 0.173 e. The van der Waals surface area contributed by atoms with E-state index in [9.17, 15) is 0 Å². The smallest absolute Gasteiger partial charge is 0.173 e. The van der Waals surface area contributed by atoms with Gasteiger partial charge in [-0.05, 0) is 30.6 Å². The maximum absolute atomic E-state index is 8.84. The van der Waals surface area contributed by atoms with Crippen LogP contribution in [-0.4, -0.2) is 11.7 Å². The summed E-state index contributed by atoms with van der Waals surface area (Å²) in [5.74, 6) is 0.560. The SMILES string of the molecule is CC1CCC(C)(C)CC12OC2C#N. The van der Waals surface area contributed by atoms with E-state index in [4.69, 9.17) is 10.00 Å². The number of hydrogen-bond donors (Lipinski definition) is 0. The number of nitriles is 1. The normalized spacial score (nSPS) is 47.2. The van der Waals surface area contributed by atoms with Gasteiger partial charge in [0, 0.05) is 0 Å². The van der Waals surface area contributed by atoms with Crippen molar-refractivity contribution in [3.05, 3.63) is 0 Å². The van der Waals surface area contributed by atoms with Crippen molar-refractivity contribution in [2.24, 2.45) is 11.3 Å². The van der Waals surface area contributed by atoms with E-state index in [1.807, 2.05) is 0 Å². The van der Waals surface area contributed by atoms with Gasteiger partial charge in [0.2, 0.25) is 0 Å². The van der Waals surface area contributed by atoms with Crippen LogP contribution >= 0.6 is 0 Å². The van der Waals surface area contributed by atoms with Crippen LogP contribution in [0.2, 0.25) is 0 Å². The molecule has 2 fully saturated rings. The first-order valence-electron chi connectivity index (χ1n) is 5.08. The zero-order valence-corrected chi connectivity index (χ0v) is 8.63. The monoisotopic (exact) mass is 179 g/mol. The summed E-state index contributed by atoms with van der Waals surface area (Å²) in [6.45, 7) is 6.76. The highest BCUT2D eigenvalue weighted by atomic mass is 16.6. The molecule has 3 atom stereocenters. The lowest BCUT2D eigenvalue weighted by Gasteiger charge is -2.37. The molecule has 3 unspecified atom stereocenters. The highest BCUT2D eigenvalue weighted by Gasteiger charge is 2.63. The van der Waals surface area contributed by atoms with Gasteiger partial charge in [-0.15, -0.1) is 0 Å². The van der Waals surface area contributed by atoms with Crippen molar-refractivity contribution < 1.29 is 4.74 Å². The van der Waals surface area contributed by atoms with Crippen molar-refractivity contribution in [2.75, 3.05) is 0 Å². The highest BCUT2D eigenvalue weighted by Crippen LogP contribution is 2.56. The van der Waals surface area contributed by atoms with Gasteiger partial charge in [0.1, 0.15) is 5.60 Å². The third-order valence-corrected chi connectivity index (χ3v) is 3.68. The van der Waals surface area contributed by atoms with Gasteiger partial charge < -0.3 is 4.74 Å².